The molecule has 154 valence electrons. The van der Waals surface area contributed by atoms with Gasteiger partial charge in [-0.2, -0.15) is 10.4 Å². The summed E-state index contributed by atoms with van der Waals surface area (Å²) in [5.41, 5.74) is 12.4. The van der Waals surface area contributed by atoms with Gasteiger partial charge >= 0.3 is 0 Å². The number of nitrogen functional groups attached to an aromatic ring is 1. The van der Waals surface area contributed by atoms with Crippen LogP contribution in [0.5, 0.6) is 5.75 Å². The van der Waals surface area contributed by atoms with Gasteiger partial charge in [0.1, 0.15) is 5.75 Å². The van der Waals surface area contributed by atoms with Gasteiger partial charge < -0.3 is 10.5 Å². The van der Waals surface area contributed by atoms with Crippen LogP contribution in [0.1, 0.15) is 25.0 Å². The van der Waals surface area contributed by atoms with Crippen LogP contribution in [0, 0.1) is 11.3 Å². The van der Waals surface area contributed by atoms with Crippen molar-refractivity contribution < 1.29 is 4.74 Å². The van der Waals surface area contributed by atoms with Crippen molar-refractivity contribution >= 4 is 5.69 Å². The minimum Gasteiger partial charge on any atom is -0.491 e. The Morgan fingerprint density at radius 3 is 2.55 bits per heavy atom. The van der Waals surface area contributed by atoms with E-state index in [1.54, 1.807) is 6.07 Å². The molecule has 2 N–H and O–H groups in total. The van der Waals surface area contributed by atoms with E-state index >= 15 is 0 Å². The van der Waals surface area contributed by atoms with Gasteiger partial charge in [-0.1, -0.05) is 36.4 Å². The number of ether oxygens (including phenoxy) is 1. The van der Waals surface area contributed by atoms with Crippen LogP contribution in [0.4, 0.5) is 5.69 Å². The van der Waals surface area contributed by atoms with E-state index < -0.39 is 0 Å². The molecule has 0 aliphatic carbocycles. The minimum absolute atomic E-state index is 0.0398. The highest BCUT2D eigenvalue weighted by Crippen LogP contribution is 2.30. The third-order valence-corrected chi connectivity index (χ3v) is 4.89. The van der Waals surface area contributed by atoms with Crippen LogP contribution in [0.3, 0.4) is 0 Å². The van der Waals surface area contributed by atoms with Gasteiger partial charge in [0, 0.05) is 17.4 Å². The first-order chi connectivity index (χ1) is 15.0. The lowest BCUT2D eigenvalue weighted by atomic mass is 10.0. The van der Waals surface area contributed by atoms with Gasteiger partial charge in [-0.3, -0.25) is 4.68 Å². The fraction of sp³-hybridized carbons (Fsp3) is 0.154. The molecular formula is C26H24N4O. The van der Waals surface area contributed by atoms with E-state index in [2.05, 4.69) is 24.3 Å². The molecule has 0 fully saturated rings. The number of anilines is 1. The zero-order valence-electron chi connectivity index (χ0n) is 17.6. The number of nitriles is 1. The van der Waals surface area contributed by atoms with E-state index in [0.29, 0.717) is 23.5 Å². The Labute approximate surface area is 182 Å². The quantitative estimate of drug-likeness (QED) is 0.427. The Morgan fingerprint density at radius 1 is 1.00 bits per heavy atom. The summed E-state index contributed by atoms with van der Waals surface area (Å²) >= 11 is 0. The zero-order valence-corrected chi connectivity index (χ0v) is 17.6. The highest BCUT2D eigenvalue weighted by Gasteiger charge is 2.10. The molecule has 1 aromatic heterocycles. The van der Waals surface area contributed by atoms with Gasteiger partial charge in [-0.25, -0.2) is 0 Å². The average molecular weight is 409 g/mol. The number of hydrogen-bond acceptors (Lipinski definition) is 4. The fourth-order valence-corrected chi connectivity index (χ4v) is 3.53. The molecule has 0 bridgehead atoms. The standard InChI is InChI=1S/C26H24N4O/c1-18(2)31-23-13-19(16-27)12-20(14-23)17-30-11-10-26(29-30)24-15-22(8-9-25(24)28)21-6-4-3-5-7-21/h3-15,18H,17,28H2,1-2H3. The van der Waals surface area contributed by atoms with Crippen molar-refractivity contribution in [3.8, 4) is 34.2 Å². The van der Waals surface area contributed by atoms with Crippen LogP contribution >= 0.6 is 0 Å². The van der Waals surface area contributed by atoms with Crippen LogP contribution < -0.4 is 10.5 Å². The Bertz CT molecular complexity index is 1240. The Kier molecular flexibility index (Phi) is 5.72. The molecule has 0 atom stereocenters. The molecule has 0 spiro atoms. The van der Waals surface area contributed by atoms with E-state index in [1.807, 2.05) is 73.3 Å². The zero-order chi connectivity index (χ0) is 21.8. The number of hydrogen-bond donors (Lipinski definition) is 1. The smallest absolute Gasteiger partial charge is 0.121 e. The van der Waals surface area contributed by atoms with Crippen molar-refractivity contribution in [3.63, 3.8) is 0 Å². The topological polar surface area (TPSA) is 76.9 Å². The SMILES string of the molecule is CC(C)Oc1cc(C#N)cc(Cn2ccc(-c3cc(-c4ccccc4)ccc3N)n2)c1. The first-order valence-corrected chi connectivity index (χ1v) is 10.2. The fourth-order valence-electron chi connectivity index (χ4n) is 3.53. The van der Waals surface area contributed by atoms with Gasteiger partial charge in [0.2, 0.25) is 0 Å². The maximum absolute atomic E-state index is 9.35. The molecule has 4 aromatic rings. The van der Waals surface area contributed by atoms with Gasteiger partial charge in [0.05, 0.1) is 30.0 Å². The van der Waals surface area contributed by atoms with E-state index in [9.17, 15) is 5.26 Å². The summed E-state index contributed by atoms with van der Waals surface area (Å²) in [4.78, 5) is 0. The maximum Gasteiger partial charge on any atom is 0.121 e. The monoisotopic (exact) mass is 408 g/mol. The Morgan fingerprint density at radius 2 is 1.81 bits per heavy atom. The van der Waals surface area contributed by atoms with Gasteiger partial charge in [-0.05, 0) is 66.9 Å². The van der Waals surface area contributed by atoms with Crippen LogP contribution in [0.15, 0.2) is 79.0 Å². The van der Waals surface area contributed by atoms with Crippen molar-refractivity contribution in [2.75, 3.05) is 5.73 Å². The number of nitrogens with two attached hydrogens (primary N) is 1. The lowest BCUT2D eigenvalue weighted by molar-refractivity contribution is 0.242. The molecular weight excluding hydrogens is 384 g/mol. The second kappa shape index (κ2) is 8.76. The molecule has 1 heterocycles. The summed E-state index contributed by atoms with van der Waals surface area (Å²) in [7, 11) is 0. The van der Waals surface area contributed by atoms with Gasteiger partial charge in [0.25, 0.3) is 0 Å². The molecule has 0 aliphatic rings. The largest absolute Gasteiger partial charge is 0.491 e. The van der Waals surface area contributed by atoms with Crippen LogP contribution in [-0.2, 0) is 6.54 Å². The van der Waals surface area contributed by atoms with Crippen molar-refractivity contribution in [1.29, 1.82) is 5.26 Å². The average Bonchev–Trinajstić information content (AvgIpc) is 3.22. The summed E-state index contributed by atoms with van der Waals surface area (Å²) in [5.74, 6) is 0.691. The summed E-state index contributed by atoms with van der Waals surface area (Å²) in [6, 6.07) is 25.9. The second-order valence-electron chi connectivity index (χ2n) is 7.71. The molecule has 4 rings (SSSR count). The van der Waals surface area contributed by atoms with Gasteiger partial charge in [0.15, 0.2) is 0 Å². The van der Waals surface area contributed by atoms with Crippen LogP contribution in [0.2, 0.25) is 0 Å². The summed E-state index contributed by atoms with van der Waals surface area (Å²) < 4.78 is 7.63. The molecule has 5 nitrogen and oxygen atoms in total. The minimum atomic E-state index is 0.0398. The number of rotatable bonds is 6. The molecule has 0 saturated heterocycles. The molecule has 0 amide bonds. The molecule has 0 saturated carbocycles. The lowest BCUT2D eigenvalue weighted by Crippen LogP contribution is -2.07. The van der Waals surface area contributed by atoms with E-state index in [0.717, 1.165) is 27.9 Å². The maximum atomic E-state index is 9.35. The number of nitrogens with zero attached hydrogens (tertiary/aromatic N) is 3. The third-order valence-electron chi connectivity index (χ3n) is 4.89. The summed E-state index contributed by atoms with van der Waals surface area (Å²) in [6.07, 6.45) is 1.96. The first kappa shape index (κ1) is 20.2. The van der Waals surface area contributed by atoms with Crippen molar-refractivity contribution in [2.45, 2.75) is 26.5 Å². The van der Waals surface area contributed by atoms with E-state index in [1.165, 1.54) is 0 Å². The first-order valence-electron chi connectivity index (χ1n) is 10.2. The van der Waals surface area contributed by atoms with E-state index in [-0.39, 0.29) is 6.10 Å². The van der Waals surface area contributed by atoms with Crippen molar-refractivity contribution in [3.05, 3.63) is 90.1 Å². The molecule has 0 aliphatic heterocycles. The molecule has 31 heavy (non-hydrogen) atoms. The molecule has 5 heteroatoms. The second-order valence-corrected chi connectivity index (χ2v) is 7.71. The Balaban J connectivity index is 1.62. The predicted octanol–water partition coefficient (Wildman–Crippen LogP) is 5.51. The lowest BCUT2D eigenvalue weighted by Gasteiger charge is -2.12. The molecule has 0 unspecified atom stereocenters. The van der Waals surface area contributed by atoms with Crippen LogP contribution in [-0.4, -0.2) is 15.9 Å². The van der Waals surface area contributed by atoms with Gasteiger partial charge in [-0.15, -0.1) is 0 Å². The summed E-state index contributed by atoms with van der Waals surface area (Å²) in [6.45, 7) is 4.46. The van der Waals surface area contributed by atoms with Crippen molar-refractivity contribution in [1.82, 2.24) is 9.78 Å². The molecule has 3 aromatic carbocycles. The normalized spacial score (nSPS) is 10.8. The third kappa shape index (κ3) is 4.76. The number of benzene rings is 3. The Hall–Kier alpha value is -4.04. The predicted molar refractivity (Wildman–Crippen MR) is 124 cm³/mol. The van der Waals surface area contributed by atoms with E-state index in [4.69, 9.17) is 15.6 Å². The highest BCUT2D eigenvalue weighted by molar-refractivity contribution is 5.80. The number of aromatic nitrogens is 2. The van der Waals surface area contributed by atoms with Crippen LogP contribution in [0.25, 0.3) is 22.4 Å². The summed E-state index contributed by atoms with van der Waals surface area (Å²) in [5, 5.41) is 14.1. The highest BCUT2D eigenvalue weighted by atomic mass is 16.5. The molecule has 0 radical (unpaired) electrons. The van der Waals surface area contributed by atoms with Crippen molar-refractivity contribution in [2.24, 2.45) is 0 Å².